The van der Waals surface area contributed by atoms with E-state index in [0.29, 0.717) is 42.4 Å². The first-order valence-electron chi connectivity index (χ1n) is 12.4. The van der Waals surface area contributed by atoms with Gasteiger partial charge in [-0.3, -0.25) is 4.68 Å². The average molecular weight is 514 g/mol. The molecule has 0 unspecified atom stereocenters. The molecule has 0 spiro atoms. The summed E-state index contributed by atoms with van der Waals surface area (Å²) in [5.41, 5.74) is 3.69. The summed E-state index contributed by atoms with van der Waals surface area (Å²) in [6, 6.07) is 17.9. The topological polar surface area (TPSA) is 95.1 Å². The normalized spacial score (nSPS) is 11.6. The minimum Gasteiger partial charge on any atom is -0.444 e. The lowest BCUT2D eigenvalue weighted by atomic mass is 10.0. The van der Waals surface area contributed by atoms with Crippen LogP contribution in [0.1, 0.15) is 27.2 Å². The molecule has 9 heteroatoms. The number of amides is 1. The second-order valence-electron chi connectivity index (χ2n) is 9.86. The Balaban J connectivity index is 1.46. The smallest absolute Gasteiger partial charge is 0.407 e. The first-order chi connectivity index (χ1) is 18.3. The monoisotopic (exact) mass is 513 g/mol. The van der Waals surface area contributed by atoms with Crippen LogP contribution in [0.2, 0.25) is 0 Å². The molecule has 38 heavy (non-hydrogen) atoms. The third-order valence-electron chi connectivity index (χ3n) is 5.75. The largest absolute Gasteiger partial charge is 0.444 e. The van der Waals surface area contributed by atoms with E-state index in [1.807, 2.05) is 63.4 Å². The van der Waals surface area contributed by atoms with Crippen LogP contribution in [0, 0.1) is 5.82 Å². The van der Waals surface area contributed by atoms with Crippen molar-refractivity contribution in [1.82, 2.24) is 25.1 Å². The van der Waals surface area contributed by atoms with Crippen LogP contribution < -0.4 is 5.32 Å². The predicted octanol–water partition coefficient (Wildman–Crippen LogP) is 6.47. The maximum absolute atomic E-state index is 13.7. The third-order valence-corrected chi connectivity index (χ3v) is 5.75. The van der Waals surface area contributed by atoms with E-state index in [1.54, 1.807) is 16.8 Å². The van der Waals surface area contributed by atoms with E-state index in [-0.39, 0.29) is 5.82 Å². The van der Waals surface area contributed by atoms with Gasteiger partial charge >= 0.3 is 6.09 Å². The second-order valence-corrected chi connectivity index (χ2v) is 9.86. The minimum absolute atomic E-state index is 0.324. The molecule has 0 fully saturated rings. The van der Waals surface area contributed by atoms with Crippen molar-refractivity contribution >= 4 is 17.2 Å². The number of rotatable bonds is 7. The standard InChI is InChI=1S/C29H28FN5O3/c1-29(2,3)38-28(36)31-14-7-15-35-17-23(25(34-35)20-10-12-21(30)13-11-20)26-22-16-24(19-8-5-4-6-9-19)37-27(22)33-18-32-26/h4-6,8-13,16-18H,7,14-15H2,1-3H3,(H,31,36). The van der Waals surface area contributed by atoms with Crippen molar-refractivity contribution in [2.75, 3.05) is 6.54 Å². The number of nitrogens with zero attached hydrogens (tertiary/aromatic N) is 4. The van der Waals surface area contributed by atoms with Gasteiger partial charge in [-0.25, -0.2) is 19.2 Å². The number of aryl methyl sites for hydroxylation is 1. The van der Waals surface area contributed by atoms with E-state index in [0.717, 1.165) is 22.1 Å². The van der Waals surface area contributed by atoms with Gasteiger partial charge in [0.2, 0.25) is 5.71 Å². The average Bonchev–Trinajstić information content (AvgIpc) is 3.51. The summed E-state index contributed by atoms with van der Waals surface area (Å²) in [6.07, 6.45) is 3.55. The summed E-state index contributed by atoms with van der Waals surface area (Å²) in [4.78, 5) is 20.9. The highest BCUT2D eigenvalue weighted by molar-refractivity contribution is 5.95. The van der Waals surface area contributed by atoms with E-state index in [4.69, 9.17) is 14.3 Å². The Labute approximate surface area is 219 Å². The molecule has 5 rings (SSSR count). The number of hydrogen-bond donors (Lipinski definition) is 1. The first kappa shape index (κ1) is 25.1. The van der Waals surface area contributed by atoms with E-state index in [2.05, 4.69) is 15.3 Å². The van der Waals surface area contributed by atoms with Crippen LogP contribution in [0.25, 0.3) is 44.9 Å². The summed E-state index contributed by atoms with van der Waals surface area (Å²) in [5.74, 6) is 0.362. The maximum Gasteiger partial charge on any atom is 0.407 e. The lowest BCUT2D eigenvalue weighted by Gasteiger charge is -2.19. The van der Waals surface area contributed by atoms with Gasteiger partial charge in [0.05, 0.1) is 11.1 Å². The van der Waals surface area contributed by atoms with Crippen LogP contribution in [0.5, 0.6) is 0 Å². The lowest BCUT2D eigenvalue weighted by Crippen LogP contribution is -2.33. The Morgan fingerprint density at radius 2 is 1.79 bits per heavy atom. The van der Waals surface area contributed by atoms with Crippen LogP contribution in [0.4, 0.5) is 9.18 Å². The summed E-state index contributed by atoms with van der Waals surface area (Å²) in [7, 11) is 0. The third kappa shape index (κ3) is 5.72. The number of nitrogens with one attached hydrogen (secondary N) is 1. The molecule has 0 saturated carbocycles. The van der Waals surface area contributed by atoms with Crippen LogP contribution in [0.3, 0.4) is 0 Å². The van der Waals surface area contributed by atoms with Crippen molar-refractivity contribution in [3.63, 3.8) is 0 Å². The molecule has 0 aliphatic carbocycles. The van der Waals surface area contributed by atoms with Crippen LogP contribution in [-0.4, -0.2) is 38.0 Å². The quantitative estimate of drug-likeness (QED) is 0.251. The molecule has 0 aliphatic rings. The lowest BCUT2D eigenvalue weighted by molar-refractivity contribution is 0.0526. The molecule has 194 valence electrons. The number of alkyl carbamates (subject to hydrolysis) is 1. The molecular formula is C29H28FN5O3. The first-order valence-corrected chi connectivity index (χ1v) is 12.4. The molecule has 0 radical (unpaired) electrons. The van der Waals surface area contributed by atoms with Crippen LogP contribution in [-0.2, 0) is 11.3 Å². The molecule has 5 aromatic rings. The number of benzene rings is 2. The molecule has 0 aliphatic heterocycles. The molecule has 0 bridgehead atoms. The van der Waals surface area contributed by atoms with Crippen molar-refractivity contribution in [2.45, 2.75) is 39.3 Å². The van der Waals surface area contributed by atoms with Crippen molar-refractivity contribution in [2.24, 2.45) is 0 Å². The highest BCUT2D eigenvalue weighted by Crippen LogP contribution is 2.36. The van der Waals surface area contributed by atoms with Gasteiger partial charge in [-0.05, 0) is 57.5 Å². The van der Waals surface area contributed by atoms with E-state index < -0.39 is 11.7 Å². The molecule has 2 aromatic carbocycles. The van der Waals surface area contributed by atoms with Crippen molar-refractivity contribution < 1.29 is 18.3 Å². The van der Waals surface area contributed by atoms with Crippen LogP contribution >= 0.6 is 0 Å². The van der Waals surface area contributed by atoms with Crippen molar-refractivity contribution in [1.29, 1.82) is 0 Å². The molecule has 1 amide bonds. The Morgan fingerprint density at radius 1 is 1.03 bits per heavy atom. The van der Waals surface area contributed by atoms with Gasteiger partial charge < -0.3 is 14.5 Å². The number of hydrogen-bond acceptors (Lipinski definition) is 6. The van der Waals surface area contributed by atoms with Crippen LogP contribution in [0.15, 0.2) is 77.6 Å². The molecule has 0 atom stereocenters. The maximum atomic E-state index is 13.7. The predicted molar refractivity (Wildman–Crippen MR) is 143 cm³/mol. The van der Waals surface area contributed by atoms with Gasteiger partial charge in [-0.15, -0.1) is 0 Å². The van der Waals surface area contributed by atoms with Gasteiger partial charge in [0.1, 0.15) is 29.2 Å². The molecule has 3 aromatic heterocycles. The zero-order chi connectivity index (χ0) is 26.7. The SMILES string of the molecule is CC(C)(C)OC(=O)NCCCn1cc(-c2ncnc3oc(-c4ccccc4)cc23)c(-c2ccc(F)cc2)n1. The Bertz CT molecular complexity index is 1550. The zero-order valence-electron chi connectivity index (χ0n) is 21.4. The van der Waals surface area contributed by atoms with E-state index in [1.165, 1.54) is 18.5 Å². The number of fused-ring (bicyclic) bond motifs is 1. The number of ether oxygens (including phenoxy) is 1. The molecule has 1 N–H and O–H groups in total. The Hall–Kier alpha value is -4.53. The van der Waals surface area contributed by atoms with Gasteiger partial charge in [-0.1, -0.05) is 30.3 Å². The number of carbonyl (C=O) groups is 1. The summed E-state index contributed by atoms with van der Waals surface area (Å²) >= 11 is 0. The molecule has 0 saturated heterocycles. The van der Waals surface area contributed by atoms with E-state index >= 15 is 0 Å². The summed E-state index contributed by atoms with van der Waals surface area (Å²) < 4.78 is 26.8. The van der Waals surface area contributed by atoms with Crippen molar-refractivity contribution in [3.05, 3.63) is 79.0 Å². The molecule has 3 heterocycles. The second kappa shape index (κ2) is 10.5. The summed E-state index contributed by atoms with van der Waals surface area (Å²) in [5, 5.41) is 8.31. The van der Waals surface area contributed by atoms with Gasteiger partial charge in [0.25, 0.3) is 0 Å². The fourth-order valence-electron chi connectivity index (χ4n) is 4.09. The zero-order valence-corrected chi connectivity index (χ0v) is 21.4. The molecular weight excluding hydrogens is 485 g/mol. The number of carbonyl (C=O) groups excluding carboxylic acids is 1. The Kier molecular flexibility index (Phi) is 6.91. The highest BCUT2D eigenvalue weighted by Gasteiger charge is 2.20. The van der Waals surface area contributed by atoms with Crippen molar-refractivity contribution in [3.8, 4) is 33.8 Å². The number of halogens is 1. The highest BCUT2D eigenvalue weighted by atomic mass is 19.1. The van der Waals surface area contributed by atoms with Gasteiger partial charge in [0, 0.05) is 36.0 Å². The fourth-order valence-corrected chi connectivity index (χ4v) is 4.09. The number of furan rings is 1. The summed E-state index contributed by atoms with van der Waals surface area (Å²) in [6.45, 7) is 6.43. The van der Waals surface area contributed by atoms with Gasteiger partial charge in [-0.2, -0.15) is 5.10 Å². The van der Waals surface area contributed by atoms with Gasteiger partial charge in [0.15, 0.2) is 0 Å². The number of aromatic nitrogens is 4. The molecule has 8 nitrogen and oxygen atoms in total. The fraction of sp³-hybridized carbons (Fsp3) is 0.241. The Morgan fingerprint density at radius 3 is 2.53 bits per heavy atom. The van der Waals surface area contributed by atoms with E-state index in [9.17, 15) is 9.18 Å². The minimum atomic E-state index is -0.554.